The molecule has 1 heterocycles. The van der Waals surface area contributed by atoms with Crippen molar-refractivity contribution in [3.63, 3.8) is 0 Å². The maximum absolute atomic E-state index is 13.7. The van der Waals surface area contributed by atoms with Crippen LogP contribution in [-0.2, 0) is 9.84 Å². The Bertz CT molecular complexity index is 587. The third kappa shape index (κ3) is 3.12. The summed E-state index contributed by atoms with van der Waals surface area (Å²) in [5, 5.41) is 3.34. The number of nitrogens with one attached hydrogen (secondary N) is 1. The number of nitrogens with zero attached hydrogens (tertiary/aromatic N) is 1. The molecule has 0 saturated carbocycles. The third-order valence-electron chi connectivity index (χ3n) is 3.70. The molecule has 2 rings (SSSR count). The lowest BCUT2D eigenvalue weighted by Gasteiger charge is -2.40. The van der Waals surface area contributed by atoms with Gasteiger partial charge in [-0.2, -0.15) is 0 Å². The van der Waals surface area contributed by atoms with Crippen molar-refractivity contribution < 1.29 is 12.8 Å². The summed E-state index contributed by atoms with van der Waals surface area (Å²) in [5.41, 5.74) is 0.770. The molecule has 4 nitrogen and oxygen atoms in total. The number of hydrogen-bond donors (Lipinski definition) is 1. The van der Waals surface area contributed by atoms with E-state index in [-0.39, 0.29) is 10.9 Å². The van der Waals surface area contributed by atoms with Crippen LogP contribution in [0.15, 0.2) is 23.1 Å². The highest BCUT2D eigenvalue weighted by molar-refractivity contribution is 7.90. The molecule has 1 aromatic rings. The normalized spacial score (nSPS) is 20.4. The van der Waals surface area contributed by atoms with Crippen LogP contribution in [0.4, 0.5) is 10.1 Å². The molecule has 1 N–H and O–H groups in total. The molecule has 1 aliphatic rings. The number of benzene rings is 1. The average Bonchev–Trinajstić information content (AvgIpc) is 2.38. The van der Waals surface area contributed by atoms with Gasteiger partial charge in [-0.25, -0.2) is 12.8 Å². The summed E-state index contributed by atoms with van der Waals surface area (Å²) in [4.78, 5) is 1.94. The second-order valence-electron chi connectivity index (χ2n) is 5.60. The number of sulfone groups is 1. The summed E-state index contributed by atoms with van der Waals surface area (Å²) in [6.07, 6.45) is 1.03. The van der Waals surface area contributed by atoms with Crippen LogP contribution in [0.2, 0.25) is 0 Å². The summed E-state index contributed by atoms with van der Waals surface area (Å²) in [6, 6.07) is 4.63. The first kappa shape index (κ1) is 15.3. The molecular formula is C14H21FN2O2S. The largest absolute Gasteiger partial charge is 0.366 e. The van der Waals surface area contributed by atoms with Gasteiger partial charge in [0.1, 0.15) is 10.7 Å². The molecule has 0 aliphatic carbocycles. The van der Waals surface area contributed by atoms with Crippen molar-refractivity contribution in [2.75, 3.05) is 30.8 Å². The Labute approximate surface area is 119 Å². The Morgan fingerprint density at radius 1 is 1.40 bits per heavy atom. The lowest BCUT2D eigenvalue weighted by molar-refractivity contribution is 0.390. The third-order valence-corrected chi connectivity index (χ3v) is 4.81. The Morgan fingerprint density at radius 2 is 2.10 bits per heavy atom. The van der Waals surface area contributed by atoms with Gasteiger partial charge >= 0.3 is 0 Å². The Kier molecular flexibility index (Phi) is 4.34. The van der Waals surface area contributed by atoms with Gasteiger partial charge in [-0.3, -0.25) is 0 Å². The van der Waals surface area contributed by atoms with Crippen LogP contribution in [-0.4, -0.2) is 40.3 Å². The molecule has 6 heteroatoms. The van der Waals surface area contributed by atoms with Crippen molar-refractivity contribution in [2.24, 2.45) is 5.92 Å². The van der Waals surface area contributed by atoms with Crippen LogP contribution in [0, 0.1) is 11.7 Å². The maximum atomic E-state index is 13.7. The van der Waals surface area contributed by atoms with Crippen molar-refractivity contribution >= 4 is 15.5 Å². The van der Waals surface area contributed by atoms with E-state index < -0.39 is 15.7 Å². The Hall–Kier alpha value is -1.14. The van der Waals surface area contributed by atoms with Crippen molar-refractivity contribution in [1.29, 1.82) is 0 Å². The summed E-state index contributed by atoms with van der Waals surface area (Å²) in [6.45, 7) is 6.74. The van der Waals surface area contributed by atoms with Gasteiger partial charge in [-0.1, -0.05) is 13.8 Å². The van der Waals surface area contributed by atoms with E-state index in [0.29, 0.717) is 5.92 Å². The molecule has 112 valence electrons. The molecule has 1 fully saturated rings. The molecule has 0 aromatic heterocycles. The predicted molar refractivity (Wildman–Crippen MR) is 78.4 cm³/mol. The van der Waals surface area contributed by atoms with Crippen molar-refractivity contribution in [3.8, 4) is 0 Å². The van der Waals surface area contributed by atoms with Crippen LogP contribution in [0.25, 0.3) is 0 Å². The monoisotopic (exact) mass is 300 g/mol. The fourth-order valence-electron chi connectivity index (χ4n) is 2.60. The zero-order valence-electron chi connectivity index (χ0n) is 12.1. The van der Waals surface area contributed by atoms with E-state index in [0.717, 1.165) is 31.6 Å². The number of rotatable bonds is 3. The van der Waals surface area contributed by atoms with Gasteiger partial charge in [-0.15, -0.1) is 0 Å². The first-order chi connectivity index (χ1) is 9.30. The molecule has 1 aromatic carbocycles. The van der Waals surface area contributed by atoms with Crippen molar-refractivity contribution in [2.45, 2.75) is 24.8 Å². The Morgan fingerprint density at radius 3 is 2.70 bits per heavy atom. The van der Waals surface area contributed by atoms with Gasteiger partial charge in [0.2, 0.25) is 0 Å². The maximum Gasteiger partial charge on any atom is 0.178 e. The fourth-order valence-corrected chi connectivity index (χ4v) is 3.35. The predicted octanol–water partition coefficient (Wildman–Crippen LogP) is 1.66. The topological polar surface area (TPSA) is 49.4 Å². The minimum Gasteiger partial charge on any atom is -0.366 e. The molecule has 0 amide bonds. The highest BCUT2D eigenvalue weighted by Gasteiger charge is 2.26. The van der Waals surface area contributed by atoms with Gasteiger partial charge in [0.25, 0.3) is 0 Å². The summed E-state index contributed by atoms with van der Waals surface area (Å²) in [5.74, 6) is -0.262. The van der Waals surface area contributed by atoms with Crippen LogP contribution in [0.1, 0.15) is 13.8 Å². The molecule has 20 heavy (non-hydrogen) atoms. The fraction of sp³-hybridized carbons (Fsp3) is 0.571. The van der Waals surface area contributed by atoms with Crippen molar-refractivity contribution in [1.82, 2.24) is 5.32 Å². The molecule has 0 bridgehead atoms. The summed E-state index contributed by atoms with van der Waals surface area (Å²) < 4.78 is 36.9. The minimum atomic E-state index is -3.55. The smallest absolute Gasteiger partial charge is 0.178 e. The quantitative estimate of drug-likeness (QED) is 0.922. The van der Waals surface area contributed by atoms with E-state index in [2.05, 4.69) is 24.1 Å². The number of hydrogen-bond acceptors (Lipinski definition) is 4. The zero-order chi connectivity index (χ0) is 14.9. The lowest BCUT2D eigenvalue weighted by Crippen LogP contribution is -2.53. The summed E-state index contributed by atoms with van der Waals surface area (Å²) in [7, 11) is -3.55. The van der Waals surface area contributed by atoms with E-state index in [1.54, 1.807) is 6.07 Å². The van der Waals surface area contributed by atoms with Crippen LogP contribution < -0.4 is 10.2 Å². The van der Waals surface area contributed by atoms with E-state index in [9.17, 15) is 12.8 Å². The molecule has 0 radical (unpaired) electrons. The number of halogens is 1. The van der Waals surface area contributed by atoms with E-state index in [4.69, 9.17) is 0 Å². The highest BCUT2D eigenvalue weighted by atomic mass is 32.2. The highest BCUT2D eigenvalue weighted by Crippen LogP contribution is 2.26. The lowest BCUT2D eigenvalue weighted by atomic mass is 10.00. The van der Waals surface area contributed by atoms with Crippen LogP contribution in [0.3, 0.4) is 0 Å². The zero-order valence-corrected chi connectivity index (χ0v) is 12.9. The summed E-state index contributed by atoms with van der Waals surface area (Å²) >= 11 is 0. The van der Waals surface area contributed by atoms with Crippen LogP contribution in [0.5, 0.6) is 0 Å². The number of piperazine rings is 1. The van der Waals surface area contributed by atoms with Crippen LogP contribution >= 0.6 is 0 Å². The van der Waals surface area contributed by atoms with Gasteiger partial charge in [-0.05, 0) is 24.1 Å². The second kappa shape index (κ2) is 5.69. The Balaban J connectivity index is 2.41. The molecule has 1 saturated heterocycles. The standard InChI is InChI=1S/C14H21FN2O2S/c1-10(2)13-9-16-6-7-17(13)11-4-5-12(15)14(8-11)20(3,18)19/h4-5,8,10,13,16H,6-7,9H2,1-3H3. The second-order valence-corrected chi connectivity index (χ2v) is 7.58. The van der Waals surface area contributed by atoms with Gasteiger partial charge in [0, 0.05) is 37.6 Å². The molecule has 0 spiro atoms. The molecule has 1 atom stereocenters. The van der Waals surface area contributed by atoms with Gasteiger partial charge < -0.3 is 10.2 Å². The molecular weight excluding hydrogens is 279 g/mol. The minimum absolute atomic E-state index is 0.226. The first-order valence-electron chi connectivity index (χ1n) is 6.77. The number of anilines is 1. The molecule has 1 unspecified atom stereocenters. The SMILES string of the molecule is CC(C)C1CNCCN1c1ccc(F)c(S(C)(=O)=O)c1. The van der Waals surface area contributed by atoms with E-state index in [1.165, 1.54) is 12.1 Å². The van der Waals surface area contributed by atoms with Crippen molar-refractivity contribution in [3.05, 3.63) is 24.0 Å². The first-order valence-corrected chi connectivity index (χ1v) is 8.67. The van der Waals surface area contributed by atoms with E-state index >= 15 is 0 Å². The molecule has 1 aliphatic heterocycles. The van der Waals surface area contributed by atoms with E-state index in [1.807, 2.05) is 0 Å². The van der Waals surface area contributed by atoms with Gasteiger partial charge in [0.05, 0.1) is 0 Å². The van der Waals surface area contributed by atoms with Gasteiger partial charge in [0.15, 0.2) is 9.84 Å². The average molecular weight is 300 g/mol.